The van der Waals surface area contributed by atoms with Gasteiger partial charge >= 0.3 is 6.03 Å². The number of non-ortho nitro benzene ring substituents is 1. The molecule has 1 unspecified atom stereocenters. The summed E-state index contributed by atoms with van der Waals surface area (Å²) in [6, 6.07) is 5.54. The molecule has 1 aromatic carbocycles. The highest BCUT2D eigenvalue weighted by Gasteiger charge is 2.31. The van der Waals surface area contributed by atoms with Crippen molar-refractivity contribution in [3.8, 4) is 0 Å². The lowest BCUT2D eigenvalue weighted by Crippen LogP contribution is -2.35. The van der Waals surface area contributed by atoms with Crippen LogP contribution >= 0.6 is 12.6 Å². The Balaban J connectivity index is 2.02. The molecule has 0 spiro atoms. The zero-order valence-corrected chi connectivity index (χ0v) is 10.7. The standard InChI is InChI=1S/C11H11N3O4S/c15-9-6-13(11(16)12-9)10(19)5-7-1-3-8(4-2-7)14(17)18/h1-4,10,19H,5-6H2,(H,12,15,16). The molecule has 0 bridgehead atoms. The van der Waals surface area contributed by atoms with E-state index in [0.717, 1.165) is 5.56 Å². The molecule has 1 aliphatic rings. The minimum atomic E-state index is -0.478. The first kappa shape index (κ1) is 13.3. The van der Waals surface area contributed by atoms with Gasteiger partial charge in [-0.3, -0.25) is 20.2 Å². The molecule has 100 valence electrons. The van der Waals surface area contributed by atoms with Crippen LogP contribution in [-0.4, -0.2) is 33.7 Å². The molecule has 2 rings (SSSR count). The highest BCUT2D eigenvalue weighted by molar-refractivity contribution is 7.80. The van der Waals surface area contributed by atoms with Crippen molar-refractivity contribution in [2.75, 3.05) is 6.54 Å². The second-order valence-corrected chi connectivity index (χ2v) is 4.69. The summed E-state index contributed by atoms with van der Waals surface area (Å²) >= 11 is 4.28. The number of urea groups is 1. The smallest absolute Gasteiger partial charge is 0.303 e. The Morgan fingerprint density at radius 3 is 2.47 bits per heavy atom. The van der Waals surface area contributed by atoms with Crippen LogP contribution in [0.3, 0.4) is 0 Å². The number of carbonyl (C=O) groups excluding carboxylic acids is 2. The van der Waals surface area contributed by atoms with Crippen LogP contribution in [0.4, 0.5) is 10.5 Å². The normalized spacial score (nSPS) is 16.4. The van der Waals surface area contributed by atoms with E-state index in [1.165, 1.54) is 17.0 Å². The average Bonchev–Trinajstić information content (AvgIpc) is 2.69. The first-order valence-electron chi connectivity index (χ1n) is 5.49. The maximum Gasteiger partial charge on any atom is 0.325 e. The van der Waals surface area contributed by atoms with E-state index >= 15 is 0 Å². The number of hydrogen-bond acceptors (Lipinski definition) is 5. The van der Waals surface area contributed by atoms with Crippen molar-refractivity contribution < 1.29 is 14.5 Å². The number of nitrogens with zero attached hydrogens (tertiary/aromatic N) is 2. The van der Waals surface area contributed by atoms with Gasteiger partial charge in [-0.2, -0.15) is 12.6 Å². The van der Waals surface area contributed by atoms with Gasteiger partial charge in [-0.1, -0.05) is 12.1 Å². The van der Waals surface area contributed by atoms with Crippen molar-refractivity contribution in [2.45, 2.75) is 11.8 Å². The van der Waals surface area contributed by atoms with Gasteiger partial charge in [-0.15, -0.1) is 0 Å². The van der Waals surface area contributed by atoms with Gasteiger partial charge in [0.25, 0.3) is 5.69 Å². The Bertz CT molecular complexity index is 531. The van der Waals surface area contributed by atoms with Crippen LogP contribution in [0, 0.1) is 10.1 Å². The fourth-order valence-corrected chi connectivity index (χ4v) is 2.17. The van der Waals surface area contributed by atoms with Gasteiger partial charge in [0.1, 0.15) is 6.54 Å². The topological polar surface area (TPSA) is 92.6 Å². The van der Waals surface area contributed by atoms with Crippen LogP contribution in [0.15, 0.2) is 24.3 Å². The fraction of sp³-hybridized carbons (Fsp3) is 0.273. The van der Waals surface area contributed by atoms with Gasteiger partial charge in [0.15, 0.2) is 0 Å². The van der Waals surface area contributed by atoms with Gasteiger partial charge in [0.2, 0.25) is 5.91 Å². The maximum atomic E-state index is 11.4. The number of nitro groups is 1. The zero-order valence-electron chi connectivity index (χ0n) is 9.78. The molecule has 1 aromatic rings. The predicted octanol–water partition coefficient (Wildman–Crippen LogP) is 0.945. The number of rotatable bonds is 4. The molecule has 1 atom stereocenters. The molecule has 1 N–H and O–H groups in total. The van der Waals surface area contributed by atoms with E-state index in [-0.39, 0.29) is 18.1 Å². The summed E-state index contributed by atoms with van der Waals surface area (Å²) in [7, 11) is 0. The minimum Gasteiger partial charge on any atom is -0.303 e. The van der Waals surface area contributed by atoms with Crippen LogP contribution in [0.2, 0.25) is 0 Å². The third-order valence-corrected chi connectivity index (χ3v) is 3.21. The fourth-order valence-electron chi connectivity index (χ4n) is 1.77. The van der Waals surface area contributed by atoms with Crippen molar-refractivity contribution in [1.82, 2.24) is 10.2 Å². The lowest BCUT2D eigenvalue weighted by atomic mass is 10.1. The molecule has 0 aromatic heterocycles. The number of benzene rings is 1. The Morgan fingerprint density at radius 1 is 1.37 bits per heavy atom. The molecule has 0 aliphatic carbocycles. The highest BCUT2D eigenvalue weighted by atomic mass is 32.1. The Hall–Kier alpha value is -2.09. The molecule has 8 heteroatoms. The molecular formula is C11H11N3O4S. The lowest BCUT2D eigenvalue weighted by molar-refractivity contribution is -0.384. The quantitative estimate of drug-likeness (QED) is 0.372. The average molecular weight is 281 g/mol. The summed E-state index contributed by atoms with van der Waals surface area (Å²) < 4.78 is 0. The van der Waals surface area contributed by atoms with E-state index in [9.17, 15) is 19.7 Å². The number of carbonyl (C=O) groups is 2. The summed E-state index contributed by atoms with van der Waals surface area (Å²) in [6.07, 6.45) is 0.405. The number of amides is 3. The summed E-state index contributed by atoms with van der Waals surface area (Å²) in [4.78, 5) is 33.8. The van der Waals surface area contributed by atoms with E-state index in [2.05, 4.69) is 17.9 Å². The summed E-state index contributed by atoms with van der Waals surface area (Å²) in [6.45, 7) is -0.0139. The molecule has 1 aliphatic heterocycles. The van der Waals surface area contributed by atoms with Crippen molar-refractivity contribution >= 4 is 30.3 Å². The van der Waals surface area contributed by atoms with Gasteiger partial charge in [0, 0.05) is 18.6 Å². The summed E-state index contributed by atoms with van der Waals surface area (Å²) in [5.41, 5.74) is 0.811. The van der Waals surface area contributed by atoms with E-state index in [1.54, 1.807) is 12.1 Å². The van der Waals surface area contributed by atoms with Gasteiger partial charge < -0.3 is 4.90 Å². The Kier molecular flexibility index (Phi) is 3.70. The molecule has 3 amide bonds. The number of thiol groups is 1. The second-order valence-electron chi connectivity index (χ2n) is 4.09. The summed E-state index contributed by atoms with van der Waals surface area (Å²) in [5, 5.41) is 12.2. The predicted molar refractivity (Wildman–Crippen MR) is 69.8 cm³/mol. The van der Waals surface area contributed by atoms with Crippen molar-refractivity contribution in [2.24, 2.45) is 0 Å². The number of nitro benzene ring substituents is 1. The number of hydrogen-bond donors (Lipinski definition) is 2. The highest BCUT2D eigenvalue weighted by Crippen LogP contribution is 2.17. The molecule has 0 saturated carbocycles. The van der Waals surface area contributed by atoms with Crippen molar-refractivity contribution in [1.29, 1.82) is 0 Å². The second kappa shape index (κ2) is 5.27. The first-order chi connectivity index (χ1) is 8.97. The van der Waals surface area contributed by atoms with Crippen molar-refractivity contribution in [3.63, 3.8) is 0 Å². The van der Waals surface area contributed by atoms with E-state index in [0.29, 0.717) is 6.42 Å². The third kappa shape index (κ3) is 3.02. The molecule has 1 heterocycles. The van der Waals surface area contributed by atoms with Crippen LogP contribution in [0.25, 0.3) is 0 Å². The summed E-state index contributed by atoms with van der Waals surface area (Å²) in [5.74, 6) is -0.354. The molecule has 1 saturated heterocycles. The van der Waals surface area contributed by atoms with E-state index in [1.807, 2.05) is 0 Å². The van der Waals surface area contributed by atoms with Crippen LogP contribution in [0.5, 0.6) is 0 Å². The van der Waals surface area contributed by atoms with Crippen molar-refractivity contribution in [3.05, 3.63) is 39.9 Å². The number of nitrogens with one attached hydrogen (secondary N) is 1. The molecule has 19 heavy (non-hydrogen) atoms. The van der Waals surface area contributed by atoms with Gasteiger partial charge in [0.05, 0.1) is 10.3 Å². The maximum absolute atomic E-state index is 11.4. The minimum absolute atomic E-state index is 0.00792. The SMILES string of the molecule is O=C1CN(C(S)Cc2ccc([N+](=O)[O-])cc2)C(=O)N1. The Labute approximate surface area is 114 Å². The third-order valence-electron chi connectivity index (χ3n) is 2.75. The van der Waals surface area contributed by atoms with Gasteiger partial charge in [-0.25, -0.2) is 4.79 Å². The van der Waals surface area contributed by atoms with Gasteiger partial charge in [-0.05, 0) is 5.56 Å². The largest absolute Gasteiger partial charge is 0.325 e. The number of imide groups is 1. The molecule has 0 radical (unpaired) electrons. The first-order valence-corrected chi connectivity index (χ1v) is 6.01. The zero-order chi connectivity index (χ0) is 14.0. The van der Waals surface area contributed by atoms with Crippen LogP contribution in [-0.2, 0) is 11.2 Å². The molecular weight excluding hydrogens is 270 g/mol. The molecule has 7 nitrogen and oxygen atoms in total. The van der Waals surface area contributed by atoms with E-state index in [4.69, 9.17) is 0 Å². The monoisotopic (exact) mass is 281 g/mol. The van der Waals surface area contributed by atoms with Crippen LogP contribution in [0.1, 0.15) is 5.56 Å². The molecule has 1 fully saturated rings. The van der Waals surface area contributed by atoms with Crippen LogP contribution < -0.4 is 5.32 Å². The van der Waals surface area contributed by atoms with E-state index < -0.39 is 16.3 Å². The Morgan fingerprint density at radius 2 is 2.00 bits per heavy atom. The lowest BCUT2D eigenvalue weighted by Gasteiger charge is -2.21.